The maximum absolute atomic E-state index is 6.18. The third-order valence-electron chi connectivity index (χ3n) is 4.58. The van der Waals surface area contributed by atoms with Crippen molar-refractivity contribution in [2.75, 3.05) is 10.3 Å². The average molecular weight is 467 g/mol. The number of rotatable bonds is 6. The third kappa shape index (κ3) is 5.20. The van der Waals surface area contributed by atoms with Crippen LogP contribution < -0.4 is 10.3 Å². The fraction of sp³-hybridized carbons (Fsp3) is 0. The lowest BCUT2D eigenvalue weighted by Crippen LogP contribution is -2.09. The first kappa shape index (κ1) is 21.3. The van der Waals surface area contributed by atoms with Gasteiger partial charge in [0.1, 0.15) is 0 Å². The predicted molar refractivity (Wildman–Crippen MR) is 134 cm³/mol. The zero-order chi connectivity index (χ0) is 21.6. The molecule has 0 amide bonds. The molecule has 0 aliphatic heterocycles. The van der Waals surface area contributed by atoms with Gasteiger partial charge in [-0.3, -0.25) is 5.43 Å². The number of hydrogen-bond acceptors (Lipinski definition) is 3. The highest BCUT2D eigenvalue weighted by Crippen LogP contribution is 2.35. The summed E-state index contributed by atoms with van der Waals surface area (Å²) >= 11 is 18.3. The van der Waals surface area contributed by atoms with Crippen molar-refractivity contribution in [1.29, 1.82) is 0 Å². The Bertz CT molecular complexity index is 1120. The predicted octanol–water partition coefficient (Wildman–Crippen LogP) is 8.56. The van der Waals surface area contributed by atoms with E-state index < -0.39 is 0 Å². The zero-order valence-corrected chi connectivity index (χ0v) is 18.6. The van der Waals surface area contributed by atoms with Crippen molar-refractivity contribution < 1.29 is 0 Å². The van der Waals surface area contributed by atoms with E-state index in [1.807, 2.05) is 48.5 Å². The number of nitrogens with zero attached hydrogens (tertiary/aromatic N) is 2. The van der Waals surface area contributed by atoms with Gasteiger partial charge < -0.3 is 4.90 Å². The van der Waals surface area contributed by atoms with E-state index in [9.17, 15) is 0 Å². The molecular formula is C25H18Cl3N3. The Morgan fingerprint density at radius 3 is 1.65 bits per heavy atom. The molecule has 3 nitrogen and oxygen atoms in total. The minimum atomic E-state index is 0.409. The number of para-hydroxylation sites is 2. The topological polar surface area (TPSA) is 27.6 Å². The van der Waals surface area contributed by atoms with Gasteiger partial charge in [-0.05, 0) is 54.1 Å². The maximum Gasteiger partial charge on any atom is 0.0935 e. The van der Waals surface area contributed by atoms with Crippen LogP contribution in [0.1, 0.15) is 5.56 Å². The second kappa shape index (κ2) is 9.88. The first-order chi connectivity index (χ1) is 15.1. The van der Waals surface area contributed by atoms with Crippen LogP contribution in [0.15, 0.2) is 102 Å². The molecule has 31 heavy (non-hydrogen) atoms. The highest BCUT2D eigenvalue weighted by atomic mass is 35.5. The summed E-state index contributed by atoms with van der Waals surface area (Å²) < 4.78 is 0. The molecule has 4 aromatic rings. The van der Waals surface area contributed by atoms with Gasteiger partial charge in [0.2, 0.25) is 0 Å². The molecule has 154 valence electrons. The van der Waals surface area contributed by atoms with Crippen LogP contribution in [0.5, 0.6) is 0 Å². The summed E-state index contributed by atoms with van der Waals surface area (Å²) in [6.07, 6.45) is 1.71. The summed E-state index contributed by atoms with van der Waals surface area (Å²) in [4.78, 5) is 2.20. The van der Waals surface area contributed by atoms with Gasteiger partial charge in [-0.15, -0.1) is 0 Å². The highest BCUT2D eigenvalue weighted by molar-refractivity contribution is 6.41. The molecule has 4 aromatic carbocycles. The van der Waals surface area contributed by atoms with E-state index in [1.54, 1.807) is 18.3 Å². The third-order valence-corrected chi connectivity index (χ3v) is 5.39. The molecular weight excluding hydrogens is 449 g/mol. The molecule has 4 rings (SSSR count). The Morgan fingerprint density at radius 2 is 1.13 bits per heavy atom. The van der Waals surface area contributed by atoms with Gasteiger partial charge in [-0.1, -0.05) is 83.3 Å². The number of anilines is 4. The molecule has 1 N–H and O–H groups in total. The number of halogens is 3. The quantitative estimate of drug-likeness (QED) is 0.228. The Labute approximate surface area is 196 Å². The van der Waals surface area contributed by atoms with Crippen LogP contribution >= 0.6 is 34.8 Å². The van der Waals surface area contributed by atoms with E-state index in [-0.39, 0.29) is 0 Å². The van der Waals surface area contributed by atoms with Gasteiger partial charge in [0, 0.05) is 22.1 Å². The van der Waals surface area contributed by atoms with E-state index in [2.05, 4.69) is 51.8 Å². The fourth-order valence-corrected chi connectivity index (χ4v) is 4.03. The molecule has 0 saturated carbocycles. The van der Waals surface area contributed by atoms with Crippen LogP contribution in [0.25, 0.3) is 0 Å². The Kier molecular flexibility index (Phi) is 6.78. The average Bonchev–Trinajstić information content (AvgIpc) is 2.78. The smallest absolute Gasteiger partial charge is 0.0935 e. The standard InChI is InChI=1S/C25H18Cl3N3/c26-19-15-23(27)25(24(28)16-19)30-29-17-18-11-13-22(14-12-18)31(20-7-3-1-4-8-20)21-9-5-2-6-10-21/h1-17,30H. The van der Waals surface area contributed by atoms with Crippen LogP contribution in [0.2, 0.25) is 15.1 Å². The highest BCUT2D eigenvalue weighted by Gasteiger charge is 2.11. The van der Waals surface area contributed by atoms with Crippen molar-refractivity contribution in [3.63, 3.8) is 0 Å². The summed E-state index contributed by atoms with van der Waals surface area (Å²) in [5, 5.41) is 5.54. The summed E-state index contributed by atoms with van der Waals surface area (Å²) in [7, 11) is 0. The Hall–Kier alpha value is -2.98. The number of hydrazone groups is 1. The zero-order valence-electron chi connectivity index (χ0n) is 16.3. The molecule has 0 heterocycles. The summed E-state index contributed by atoms with van der Waals surface area (Å²) in [6.45, 7) is 0. The minimum Gasteiger partial charge on any atom is -0.311 e. The molecule has 0 bridgehead atoms. The Morgan fingerprint density at radius 1 is 0.645 bits per heavy atom. The molecule has 0 fully saturated rings. The normalized spacial score (nSPS) is 10.9. The number of hydrogen-bond donors (Lipinski definition) is 1. The van der Waals surface area contributed by atoms with E-state index >= 15 is 0 Å². The van der Waals surface area contributed by atoms with E-state index in [0.717, 1.165) is 22.6 Å². The van der Waals surface area contributed by atoms with Crippen molar-refractivity contribution in [2.45, 2.75) is 0 Å². The second-order valence-corrected chi connectivity index (χ2v) is 7.96. The van der Waals surface area contributed by atoms with Crippen molar-refractivity contribution in [2.24, 2.45) is 5.10 Å². The van der Waals surface area contributed by atoms with E-state index in [4.69, 9.17) is 34.8 Å². The van der Waals surface area contributed by atoms with Crippen molar-refractivity contribution in [3.05, 3.63) is 118 Å². The first-order valence-corrected chi connectivity index (χ1v) is 10.7. The van der Waals surface area contributed by atoms with Gasteiger partial charge >= 0.3 is 0 Å². The molecule has 0 spiro atoms. The minimum absolute atomic E-state index is 0.409. The van der Waals surface area contributed by atoms with Gasteiger partial charge in [0.15, 0.2) is 0 Å². The first-order valence-electron chi connectivity index (χ1n) is 9.56. The molecule has 0 unspecified atom stereocenters. The summed E-state index contributed by atoms with van der Waals surface area (Å²) in [5.41, 5.74) is 7.55. The van der Waals surface area contributed by atoms with Crippen LogP contribution in [0.3, 0.4) is 0 Å². The Balaban J connectivity index is 1.56. The van der Waals surface area contributed by atoms with Crippen LogP contribution in [0, 0.1) is 0 Å². The monoisotopic (exact) mass is 465 g/mol. The molecule has 6 heteroatoms. The fourth-order valence-electron chi connectivity index (χ4n) is 3.13. The lowest BCUT2D eigenvalue weighted by Gasteiger charge is -2.25. The molecule has 0 radical (unpaired) electrons. The van der Waals surface area contributed by atoms with Crippen molar-refractivity contribution >= 4 is 63.8 Å². The number of benzene rings is 4. The van der Waals surface area contributed by atoms with Crippen LogP contribution in [-0.2, 0) is 0 Å². The molecule has 0 aliphatic carbocycles. The summed E-state index contributed by atoms with van der Waals surface area (Å²) in [5.74, 6) is 0. The van der Waals surface area contributed by atoms with Gasteiger partial charge in [-0.2, -0.15) is 5.10 Å². The second-order valence-electron chi connectivity index (χ2n) is 6.71. The van der Waals surface area contributed by atoms with Crippen LogP contribution in [0.4, 0.5) is 22.7 Å². The SMILES string of the molecule is Clc1cc(Cl)c(NN=Cc2ccc(N(c3ccccc3)c3ccccc3)cc2)c(Cl)c1. The lowest BCUT2D eigenvalue weighted by atomic mass is 10.1. The van der Waals surface area contributed by atoms with E-state index in [0.29, 0.717) is 20.8 Å². The number of nitrogens with one attached hydrogen (secondary N) is 1. The largest absolute Gasteiger partial charge is 0.311 e. The van der Waals surface area contributed by atoms with Crippen molar-refractivity contribution in [1.82, 2.24) is 0 Å². The van der Waals surface area contributed by atoms with E-state index in [1.165, 1.54) is 0 Å². The lowest BCUT2D eigenvalue weighted by molar-refractivity contribution is 1.28. The molecule has 0 saturated heterocycles. The van der Waals surface area contributed by atoms with Crippen molar-refractivity contribution in [3.8, 4) is 0 Å². The van der Waals surface area contributed by atoms with Crippen LogP contribution in [-0.4, -0.2) is 6.21 Å². The van der Waals surface area contributed by atoms with Gasteiger partial charge in [0.25, 0.3) is 0 Å². The molecule has 0 aliphatic rings. The van der Waals surface area contributed by atoms with Gasteiger partial charge in [-0.25, -0.2) is 0 Å². The maximum atomic E-state index is 6.18. The summed E-state index contributed by atoms with van der Waals surface area (Å²) in [6, 6.07) is 31.9. The van der Waals surface area contributed by atoms with Gasteiger partial charge in [0.05, 0.1) is 21.9 Å². The molecule has 0 atom stereocenters. The molecule has 0 aromatic heterocycles.